The molecule has 0 saturated carbocycles. The number of nitrogen functional groups attached to an aromatic ring is 1. The number of nitrogens with one attached hydrogen (secondary N) is 1. The van der Waals surface area contributed by atoms with Gasteiger partial charge in [0.15, 0.2) is 0 Å². The number of benzene rings is 2. The predicted molar refractivity (Wildman–Crippen MR) is 149 cm³/mol. The maximum atomic E-state index is 13.8. The first-order chi connectivity index (χ1) is 19.3. The largest absolute Gasteiger partial charge is 0.497 e. The third-order valence-corrected chi connectivity index (χ3v) is 7.63. The van der Waals surface area contributed by atoms with Crippen molar-refractivity contribution in [2.24, 2.45) is 0 Å². The van der Waals surface area contributed by atoms with Gasteiger partial charge < -0.3 is 29.8 Å². The van der Waals surface area contributed by atoms with Crippen LogP contribution in [0.3, 0.4) is 0 Å². The summed E-state index contributed by atoms with van der Waals surface area (Å²) in [6.07, 6.45) is 0.118. The van der Waals surface area contributed by atoms with Crippen molar-refractivity contribution in [1.82, 2.24) is 9.55 Å². The summed E-state index contributed by atoms with van der Waals surface area (Å²) >= 11 is 0. The van der Waals surface area contributed by atoms with Crippen molar-refractivity contribution in [3.63, 3.8) is 0 Å². The Morgan fingerprint density at radius 2 is 1.93 bits per heavy atom. The zero-order valence-electron chi connectivity index (χ0n) is 22.4. The summed E-state index contributed by atoms with van der Waals surface area (Å²) in [4.78, 5) is 43.8. The Hall–Kier alpha value is -4.86. The zero-order chi connectivity index (χ0) is 28.2. The number of hydrogen-bond acceptors (Lipinski definition) is 9. The monoisotopic (exact) mass is 540 g/mol. The molecule has 0 fully saturated rings. The van der Waals surface area contributed by atoms with Gasteiger partial charge in [-0.3, -0.25) is 9.59 Å². The van der Waals surface area contributed by atoms with E-state index in [1.54, 1.807) is 30.7 Å². The minimum Gasteiger partial charge on any atom is -0.497 e. The SMILES string of the molecule is CCC1(OC(C)=O)C(=O)OCc2c1cc1n(c2=O)Cc2c-1nc1ccc(N)cc1c2NCc1ccc(OC)cc1. The molecule has 6 rings (SSSR count). The van der Waals surface area contributed by atoms with Crippen LogP contribution in [0.2, 0.25) is 0 Å². The minimum absolute atomic E-state index is 0.118. The summed E-state index contributed by atoms with van der Waals surface area (Å²) in [6.45, 7) is 3.53. The Bertz CT molecular complexity index is 1760. The lowest BCUT2D eigenvalue weighted by Crippen LogP contribution is -2.47. The van der Waals surface area contributed by atoms with Gasteiger partial charge in [0.1, 0.15) is 12.4 Å². The van der Waals surface area contributed by atoms with Gasteiger partial charge in [0.2, 0.25) is 5.60 Å². The molecule has 204 valence electrons. The van der Waals surface area contributed by atoms with Crippen molar-refractivity contribution in [3.05, 3.63) is 81.1 Å². The normalized spacial score (nSPS) is 17.0. The van der Waals surface area contributed by atoms with Gasteiger partial charge in [-0.05, 0) is 48.4 Å². The molecule has 3 N–H and O–H groups in total. The molecule has 2 aliphatic rings. The second-order valence-corrected chi connectivity index (χ2v) is 9.96. The number of pyridine rings is 2. The number of anilines is 2. The molecule has 4 aromatic rings. The molecule has 1 unspecified atom stereocenters. The van der Waals surface area contributed by atoms with E-state index in [9.17, 15) is 14.4 Å². The van der Waals surface area contributed by atoms with E-state index in [0.717, 1.165) is 28.0 Å². The fourth-order valence-electron chi connectivity index (χ4n) is 5.64. The Morgan fingerprint density at radius 3 is 2.62 bits per heavy atom. The Morgan fingerprint density at radius 1 is 1.15 bits per heavy atom. The number of carbonyl (C=O) groups excluding carboxylic acids is 2. The van der Waals surface area contributed by atoms with Gasteiger partial charge >= 0.3 is 11.9 Å². The predicted octanol–water partition coefficient (Wildman–Crippen LogP) is 3.85. The summed E-state index contributed by atoms with van der Waals surface area (Å²) in [5, 5.41) is 4.39. The summed E-state index contributed by atoms with van der Waals surface area (Å²) in [6, 6.07) is 15.0. The second kappa shape index (κ2) is 9.41. The van der Waals surface area contributed by atoms with Crippen LogP contribution in [0.15, 0.2) is 53.3 Å². The van der Waals surface area contributed by atoms with Gasteiger partial charge in [0, 0.05) is 35.7 Å². The van der Waals surface area contributed by atoms with E-state index in [4.69, 9.17) is 24.9 Å². The smallest absolute Gasteiger partial charge is 0.355 e. The highest BCUT2D eigenvalue weighted by molar-refractivity contribution is 5.98. The van der Waals surface area contributed by atoms with Gasteiger partial charge in [-0.2, -0.15) is 0 Å². The highest BCUT2D eigenvalue weighted by Gasteiger charge is 2.50. The average Bonchev–Trinajstić information content (AvgIpc) is 3.31. The molecule has 0 spiro atoms. The number of aromatic nitrogens is 2. The Labute approximate surface area is 229 Å². The van der Waals surface area contributed by atoms with Crippen LogP contribution >= 0.6 is 0 Å². The second-order valence-electron chi connectivity index (χ2n) is 9.96. The zero-order valence-corrected chi connectivity index (χ0v) is 22.4. The number of nitrogens with zero attached hydrogens (tertiary/aromatic N) is 2. The standard InChI is InChI=1S/C30H28N4O6/c1-4-30(40-16(2)35)23-12-25-27-21(14-34(25)28(36)22(23)15-39-29(30)37)26(20-11-18(31)7-10-24(20)33-27)32-13-17-5-8-19(38-3)9-6-17/h5-12H,4,13-15,31H2,1-3H3,(H,32,33). The molecule has 0 saturated heterocycles. The fraction of sp³-hybridized carbons (Fsp3) is 0.267. The summed E-state index contributed by atoms with van der Waals surface area (Å²) in [5.74, 6) is -0.562. The van der Waals surface area contributed by atoms with Crippen molar-refractivity contribution in [2.45, 2.75) is 45.6 Å². The number of nitrogens with two attached hydrogens (primary N) is 1. The Balaban J connectivity index is 1.52. The minimum atomic E-state index is -1.70. The van der Waals surface area contributed by atoms with Crippen LogP contribution in [-0.2, 0) is 44.4 Å². The number of rotatable bonds is 6. The lowest BCUT2D eigenvalue weighted by atomic mass is 9.85. The molecule has 2 aromatic heterocycles. The number of esters is 2. The lowest BCUT2D eigenvalue weighted by Gasteiger charge is -2.35. The summed E-state index contributed by atoms with van der Waals surface area (Å²) < 4.78 is 17.8. The van der Waals surface area contributed by atoms with Crippen LogP contribution in [0, 0.1) is 0 Å². The van der Waals surface area contributed by atoms with Crippen molar-refractivity contribution in [2.75, 3.05) is 18.2 Å². The molecule has 1 atom stereocenters. The number of fused-ring (bicyclic) bond motifs is 5. The first-order valence-electron chi connectivity index (χ1n) is 13.0. The highest BCUT2D eigenvalue weighted by atomic mass is 16.6. The van der Waals surface area contributed by atoms with E-state index in [1.165, 1.54) is 6.92 Å². The number of hydrogen-bond donors (Lipinski definition) is 2. The molecule has 4 heterocycles. The van der Waals surface area contributed by atoms with E-state index in [0.29, 0.717) is 40.3 Å². The van der Waals surface area contributed by atoms with Crippen LogP contribution in [0.1, 0.15) is 42.5 Å². The molecular formula is C30H28N4O6. The molecule has 40 heavy (non-hydrogen) atoms. The number of cyclic esters (lactones) is 1. The molecule has 0 amide bonds. The molecular weight excluding hydrogens is 512 g/mol. The van der Waals surface area contributed by atoms with Crippen LogP contribution in [0.4, 0.5) is 11.4 Å². The summed E-state index contributed by atoms with van der Waals surface area (Å²) in [7, 11) is 1.63. The average molecular weight is 541 g/mol. The van der Waals surface area contributed by atoms with Crippen LogP contribution in [0.25, 0.3) is 22.3 Å². The van der Waals surface area contributed by atoms with Crippen molar-refractivity contribution in [3.8, 4) is 17.1 Å². The molecule has 2 aromatic carbocycles. The first kappa shape index (κ1) is 25.4. The van der Waals surface area contributed by atoms with Gasteiger partial charge in [0.25, 0.3) is 5.56 Å². The van der Waals surface area contributed by atoms with Crippen molar-refractivity contribution < 1.29 is 23.8 Å². The van der Waals surface area contributed by atoms with E-state index < -0.39 is 17.5 Å². The number of methoxy groups -OCH3 is 1. The maximum absolute atomic E-state index is 13.8. The van der Waals surface area contributed by atoms with E-state index in [1.807, 2.05) is 36.4 Å². The molecule has 10 heteroatoms. The van der Waals surface area contributed by atoms with Crippen LogP contribution in [-0.4, -0.2) is 28.6 Å². The molecule has 10 nitrogen and oxygen atoms in total. The van der Waals surface area contributed by atoms with Crippen molar-refractivity contribution in [1.29, 1.82) is 0 Å². The van der Waals surface area contributed by atoms with E-state index >= 15 is 0 Å². The quantitative estimate of drug-likeness (QED) is 0.243. The van der Waals surface area contributed by atoms with Crippen LogP contribution < -0.4 is 21.3 Å². The molecule has 0 radical (unpaired) electrons. The van der Waals surface area contributed by atoms with Crippen LogP contribution in [0.5, 0.6) is 5.75 Å². The molecule has 0 aliphatic carbocycles. The maximum Gasteiger partial charge on any atom is 0.355 e. The third kappa shape index (κ3) is 3.86. The Kier molecular flexibility index (Phi) is 5.98. The van der Waals surface area contributed by atoms with Gasteiger partial charge in [-0.25, -0.2) is 9.78 Å². The van der Waals surface area contributed by atoms with Gasteiger partial charge in [-0.1, -0.05) is 19.1 Å². The van der Waals surface area contributed by atoms with E-state index in [-0.39, 0.29) is 25.1 Å². The first-order valence-corrected chi connectivity index (χ1v) is 13.0. The highest BCUT2D eigenvalue weighted by Crippen LogP contribution is 2.43. The van der Waals surface area contributed by atoms with Gasteiger partial charge in [-0.15, -0.1) is 0 Å². The lowest BCUT2D eigenvalue weighted by molar-refractivity contribution is -0.188. The molecule has 0 bridgehead atoms. The number of carbonyl (C=O) groups is 2. The van der Waals surface area contributed by atoms with Crippen molar-refractivity contribution >= 4 is 34.2 Å². The number of ether oxygens (including phenoxy) is 3. The third-order valence-electron chi connectivity index (χ3n) is 7.63. The van der Waals surface area contributed by atoms with Gasteiger partial charge in [0.05, 0.1) is 41.8 Å². The molecule has 2 aliphatic heterocycles. The summed E-state index contributed by atoms with van der Waals surface area (Å²) in [5.41, 5.74) is 9.91. The fourth-order valence-corrected chi connectivity index (χ4v) is 5.64. The van der Waals surface area contributed by atoms with E-state index in [2.05, 4.69) is 5.32 Å². The topological polar surface area (TPSA) is 135 Å².